The first-order valence-electron chi connectivity index (χ1n) is 5.71. The fraction of sp³-hybridized carbons (Fsp3) is 0.538. The van der Waals surface area contributed by atoms with Crippen molar-refractivity contribution in [3.8, 4) is 0 Å². The van der Waals surface area contributed by atoms with Gasteiger partial charge in [0.2, 0.25) is 0 Å². The molecule has 1 aromatic heterocycles. The molecule has 2 rings (SSSR count). The molecule has 0 radical (unpaired) electrons. The number of rotatable bonds is 3. The van der Waals surface area contributed by atoms with E-state index in [1.54, 1.807) is 6.20 Å². The summed E-state index contributed by atoms with van der Waals surface area (Å²) in [5.74, 6) is 0.822. The van der Waals surface area contributed by atoms with Crippen LogP contribution in [0.5, 0.6) is 0 Å². The third kappa shape index (κ3) is 2.65. The number of carbonyl (C=O) groups is 1. The van der Waals surface area contributed by atoms with Gasteiger partial charge >= 0.3 is 0 Å². The molecule has 80 valence electrons. The smallest absolute Gasteiger partial charge is 0.181 e. The Morgan fingerprint density at radius 1 is 1.40 bits per heavy atom. The molecule has 1 aliphatic carbocycles. The van der Waals surface area contributed by atoms with Gasteiger partial charge in [-0.05, 0) is 24.5 Å². The quantitative estimate of drug-likeness (QED) is 0.706. The third-order valence-corrected chi connectivity index (χ3v) is 3.15. The summed E-state index contributed by atoms with van der Waals surface area (Å²) in [6.07, 6.45) is 7.48. The van der Waals surface area contributed by atoms with Crippen LogP contribution in [0.3, 0.4) is 0 Å². The highest BCUT2D eigenvalue weighted by Gasteiger charge is 2.19. The average Bonchev–Trinajstić information content (AvgIpc) is 2.71. The molecule has 0 amide bonds. The number of pyridine rings is 1. The summed E-state index contributed by atoms with van der Waals surface area (Å²) in [4.78, 5) is 16.0. The predicted molar refractivity (Wildman–Crippen MR) is 59.9 cm³/mol. The van der Waals surface area contributed by atoms with Gasteiger partial charge in [-0.25, -0.2) is 0 Å². The molecular weight excluding hydrogens is 186 g/mol. The van der Waals surface area contributed by atoms with Crippen LogP contribution < -0.4 is 0 Å². The number of carbonyl (C=O) groups excluding carboxylic acids is 1. The van der Waals surface area contributed by atoms with Crippen LogP contribution in [0.25, 0.3) is 0 Å². The molecule has 0 atom stereocenters. The van der Waals surface area contributed by atoms with Crippen LogP contribution in [-0.4, -0.2) is 10.8 Å². The van der Waals surface area contributed by atoms with Gasteiger partial charge in [0.25, 0.3) is 0 Å². The summed E-state index contributed by atoms with van der Waals surface area (Å²) in [6, 6.07) is 3.79. The van der Waals surface area contributed by atoms with Gasteiger partial charge in [0.1, 0.15) is 5.69 Å². The van der Waals surface area contributed by atoms with E-state index in [0.717, 1.165) is 5.56 Å². The summed E-state index contributed by atoms with van der Waals surface area (Å²) in [6.45, 7) is 1.98. The van der Waals surface area contributed by atoms with Crippen LogP contribution in [0.1, 0.15) is 48.2 Å². The van der Waals surface area contributed by atoms with Crippen LogP contribution in [0.2, 0.25) is 0 Å². The third-order valence-electron chi connectivity index (χ3n) is 3.15. The Labute approximate surface area is 90.7 Å². The molecule has 1 aliphatic rings. The molecule has 0 aromatic carbocycles. The zero-order valence-corrected chi connectivity index (χ0v) is 9.20. The van der Waals surface area contributed by atoms with E-state index in [0.29, 0.717) is 18.0 Å². The highest BCUT2D eigenvalue weighted by atomic mass is 16.1. The number of aromatic nitrogens is 1. The van der Waals surface area contributed by atoms with Crippen molar-refractivity contribution in [1.82, 2.24) is 4.98 Å². The van der Waals surface area contributed by atoms with E-state index in [1.807, 2.05) is 19.1 Å². The van der Waals surface area contributed by atoms with E-state index in [9.17, 15) is 4.79 Å². The SMILES string of the molecule is Cc1ccc(C(=O)CC2CCCC2)nc1. The Morgan fingerprint density at radius 3 is 2.73 bits per heavy atom. The molecule has 0 unspecified atom stereocenters. The zero-order valence-electron chi connectivity index (χ0n) is 9.20. The molecule has 2 nitrogen and oxygen atoms in total. The molecule has 0 N–H and O–H groups in total. The van der Waals surface area contributed by atoms with Crippen molar-refractivity contribution in [2.75, 3.05) is 0 Å². The Balaban J connectivity index is 1.98. The second-order valence-electron chi connectivity index (χ2n) is 4.50. The molecule has 0 aliphatic heterocycles. The Morgan fingerprint density at radius 2 is 2.13 bits per heavy atom. The van der Waals surface area contributed by atoms with Gasteiger partial charge in [0.05, 0.1) is 0 Å². The molecule has 0 saturated heterocycles. The first-order chi connectivity index (χ1) is 7.25. The fourth-order valence-corrected chi connectivity index (χ4v) is 2.21. The van der Waals surface area contributed by atoms with Gasteiger partial charge in [0, 0.05) is 12.6 Å². The minimum Gasteiger partial charge on any atom is -0.292 e. The van der Waals surface area contributed by atoms with E-state index in [-0.39, 0.29) is 5.78 Å². The van der Waals surface area contributed by atoms with Crippen molar-refractivity contribution < 1.29 is 4.79 Å². The van der Waals surface area contributed by atoms with Gasteiger partial charge in [-0.2, -0.15) is 0 Å². The van der Waals surface area contributed by atoms with Crippen LogP contribution >= 0.6 is 0 Å². The minimum absolute atomic E-state index is 0.210. The maximum Gasteiger partial charge on any atom is 0.181 e. The lowest BCUT2D eigenvalue weighted by Gasteiger charge is -2.06. The lowest BCUT2D eigenvalue weighted by molar-refractivity contribution is 0.0957. The molecule has 0 spiro atoms. The fourth-order valence-electron chi connectivity index (χ4n) is 2.21. The summed E-state index contributed by atoms with van der Waals surface area (Å²) >= 11 is 0. The van der Waals surface area contributed by atoms with Crippen LogP contribution in [0, 0.1) is 12.8 Å². The minimum atomic E-state index is 0.210. The summed E-state index contributed by atoms with van der Waals surface area (Å²) in [5.41, 5.74) is 1.74. The lowest BCUT2D eigenvalue weighted by Crippen LogP contribution is -2.07. The first kappa shape index (κ1) is 10.3. The second kappa shape index (κ2) is 4.56. The maximum atomic E-state index is 11.8. The van der Waals surface area contributed by atoms with Crippen molar-refractivity contribution in [2.45, 2.75) is 39.0 Å². The zero-order chi connectivity index (χ0) is 10.7. The Kier molecular flexibility index (Phi) is 3.14. The molecule has 1 aromatic rings. The number of ketones is 1. The van der Waals surface area contributed by atoms with Crippen molar-refractivity contribution in [3.63, 3.8) is 0 Å². The number of hydrogen-bond acceptors (Lipinski definition) is 2. The highest BCUT2D eigenvalue weighted by Crippen LogP contribution is 2.28. The number of nitrogens with zero attached hydrogens (tertiary/aromatic N) is 1. The standard InChI is InChI=1S/C13H17NO/c1-10-6-7-12(14-9-10)13(15)8-11-4-2-3-5-11/h6-7,9,11H,2-5,8H2,1H3. The molecular formula is C13H17NO. The summed E-state index contributed by atoms with van der Waals surface area (Å²) < 4.78 is 0. The monoisotopic (exact) mass is 203 g/mol. The molecule has 1 saturated carbocycles. The van der Waals surface area contributed by atoms with E-state index in [1.165, 1.54) is 25.7 Å². The van der Waals surface area contributed by atoms with Crippen molar-refractivity contribution >= 4 is 5.78 Å². The largest absolute Gasteiger partial charge is 0.292 e. The topological polar surface area (TPSA) is 30.0 Å². The van der Waals surface area contributed by atoms with Gasteiger partial charge in [-0.1, -0.05) is 31.7 Å². The molecule has 1 fully saturated rings. The van der Waals surface area contributed by atoms with Crippen molar-refractivity contribution in [3.05, 3.63) is 29.6 Å². The van der Waals surface area contributed by atoms with Gasteiger partial charge in [-0.3, -0.25) is 9.78 Å². The summed E-state index contributed by atoms with van der Waals surface area (Å²) in [7, 11) is 0. The van der Waals surface area contributed by atoms with E-state index in [2.05, 4.69) is 4.98 Å². The molecule has 0 bridgehead atoms. The highest BCUT2D eigenvalue weighted by molar-refractivity contribution is 5.94. The molecule has 1 heterocycles. The maximum absolute atomic E-state index is 11.8. The van der Waals surface area contributed by atoms with Crippen molar-refractivity contribution in [2.24, 2.45) is 5.92 Å². The van der Waals surface area contributed by atoms with Crippen LogP contribution in [-0.2, 0) is 0 Å². The average molecular weight is 203 g/mol. The van der Waals surface area contributed by atoms with Crippen molar-refractivity contribution in [1.29, 1.82) is 0 Å². The Hall–Kier alpha value is -1.18. The van der Waals surface area contributed by atoms with E-state index in [4.69, 9.17) is 0 Å². The lowest BCUT2D eigenvalue weighted by atomic mass is 9.99. The van der Waals surface area contributed by atoms with Gasteiger partial charge in [-0.15, -0.1) is 0 Å². The van der Waals surface area contributed by atoms with Crippen LogP contribution in [0.4, 0.5) is 0 Å². The predicted octanol–water partition coefficient (Wildman–Crippen LogP) is 3.15. The number of hydrogen-bond donors (Lipinski definition) is 0. The van der Waals surface area contributed by atoms with E-state index >= 15 is 0 Å². The Bertz CT molecular complexity index is 336. The second-order valence-corrected chi connectivity index (χ2v) is 4.50. The number of aryl methyl sites for hydroxylation is 1. The van der Waals surface area contributed by atoms with Gasteiger partial charge < -0.3 is 0 Å². The normalized spacial score (nSPS) is 16.9. The number of Topliss-reactive ketones (excluding diaryl/α,β-unsaturated/α-hetero) is 1. The van der Waals surface area contributed by atoms with Gasteiger partial charge in [0.15, 0.2) is 5.78 Å². The molecule has 2 heteroatoms. The summed E-state index contributed by atoms with van der Waals surface area (Å²) in [5, 5.41) is 0. The first-order valence-corrected chi connectivity index (χ1v) is 5.71. The molecule has 15 heavy (non-hydrogen) atoms. The van der Waals surface area contributed by atoms with Crippen LogP contribution in [0.15, 0.2) is 18.3 Å². The van der Waals surface area contributed by atoms with E-state index < -0.39 is 0 Å².